The largest absolute Gasteiger partial charge is 0.454 e. The van der Waals surface area contributed by atoms with E-state index in [0.29, 0.717) is 34.6 Å². The highest BCUT2D eigenvalue weighted by Crippen LogP contribution is 2.38. The Bertz CT molecular complexity index is 1200. The Morgan fingerprint density at radius 1 is 1.24 bits per heavy atom. The second kappa shape index (κ2) is 6.78. The molecule has 0 radical (unpaired) electrons. The smallest absolute Gasteiger partial charge is 0.433 e. The first-order valence-electron chi connectivity index (χ1n) is 8.70. The van der Waals surface area contributed by atoms with E-state index in [-0.39, 0.29) is 18.4 Å². The van der Waals surface area contributed by atoms with Gasteiger partial charge in [-0.05, 0) is 41.6 Å². The van der Waals surface area contributed by atoms with Gasteiger partial charge in [0.05, 0.1) is 6.07 Å². The first-order chi connectivity index (χ1) is 14.1. The predicted molar refractivity (Wildman–Crippen MR) is 103 cm³/mol. The van der Waals surface area contributed by atoms with Crippen LogP contribution < -0.4 is 9.47 Å². The van der Waals surface area contributed by atoms with Crippen molar-refractivity contribution in [1.82, 2.24) is 14.9 Å². The van der Waals surface area contributed by atoms with Crippen LogP contribution in [0, 0.1) is 10.1 Å². The van der Waals surface area contributed by atoms with Crippen molar-refractivity contribution in [3.05, 3.63) is 62.5 Å². The van der Waals surface area contributed by atoms with E-state index in [4.69, 9.17) is 13.9 Å². The molecular weight excluding hydrogens is 398 g/mol. The van der Waals surface area contributed by atoms with Gasteiger partial charge in [0.2, 0.25) is 11.9 Å². The van der Waals surface area contributed by atoms with E-state index in [9.17, 15) is 10.1 Å². The molecule has 1 aromatic carbocycles. The maximum Gasteiger partial charge on any atom is 0.433 e. The summed E-state index contributed by atoms with van der Waals surface area (Å²) in [7, 11) is 0. The molecule has 2 aliphatic rings. The Balaban J connectivity index is 1.62. The molecule has 3 aromatic rings. The molecular formula is C18H13N5O5S. The molecule has 0 spiro atoms. The summed E-state index contributed by atoms with van der Waals surface area (Å²) < 4.78 is 17.8. The highest BCUT2D eigenvalue weighted by atomic mass is 32.2. The lowest BCUT2D eigenvalue weighted by molar-refractivity contribution is -0.402. The molecule has 0 atom stereocenters. The van der Waals surface area contributed by atoms with Gasteiger partial charge in [-0.15, -0.1) is 10.2 Å². The molecule has 10 nitrogen and oxygen atoms in total. The first kappa shape index (κ1) is 17.5. The van der Waals surface area contributed by atoms with E-state index in [1.165, 1.54) is 23.9 Å². The van der Waals surface area contributed by atoms with Crippen molar-refractivity contribution in [2.75, 3.05) is 6.79 Å². The standard InChI is InChI=1S/C18H13N5O5S/c1-2-15-19-20-18-22(15)21-17(12-5-6-16(28-12)23(24)25)14(29-18)8-10-3-4-11-13(7-10)27-9-26-11/h3-8H,2,9H2,1H3/b14-8-. The molecule has 2 aliphatic heterocycles. The van der Waals surface area contributed by atoms with Gasteiger partial charge in [-0.2, -0.15) is 9.78 Å². The van der Waals surface area contributed by atoms with Crippen molar-refractivity contribution in [2.24, 2.45) is 5.10 Å². The molecule has 5 rings (SSSR count). The number of aryl methyl sites for hydroxylation is 1. The van der Waals surface area contributed by atoms with Crippen LogP contribution in [-0.4, -0.2) is 32.3 Å². The van der Waals surface area contributed by atoms with Crippen molar-refractivity contribution in [2.45, 2.75) is 18.5 Å². The zero-order chi connectivity index (χ0) is 20.0. The Labute approximate surface area is 168 Å². The summed E-state index contributed by atoms with van der Waals surface area (Å²) in [6, 6.07) is 8.42. The van der Waals surface area contributed by atoms with Gasteiger partial charge in [-0.25, -0.2) is 0 Å². The molecule has 0 amide bonds. The van der Waals surface area contributed by atoms with Crippen LogP contribution in [0.1, 0.15) is 24.1 Å². The summed E-state index contributed by atoms with van der Waals surface area (Å²) in [5, 5.41) is 24.6. The monoisotopic (exact) mass is 411 g/mol. The molecule has 2 aromatic heterocycles. The van der Waals surface area contributed by atoms with Crippen LogP contribution in [0.15, 0.2) is 49.9 Å². The van der Waals surface area contributed by atoms with Gasteiger partial charge in [0.25, 0.3) is 0 Å². The van der Waals surface area contributed by atoms with Crippen molar-refractivity contribution < 1.29 is 18.8 Å². The van der Waals surface area contributed by atoms with Crippen molar-refractivity contribution >= 4 is 29.4 Å². The van der Waals surface area contributed by atoms with Crippen LogP contribution in [0.5, 0.6) is 11.5 Å². The van der Waals surface area contributed by atoms with Crippen LogP contribution in [0.3, 0.4) is 0 Å². The lowest BCUT2D eigenvalue weighted by Gasteiger charge is -2.15. The summed E-state index contributed by atoms with van der Waals surface area (Å²) in [6.07, 6.45) is 2.54. The highest BCUT2D eigenvalue weighted by molar-refractivity contribution is 8.04. The predicted octanol–water partition coefficient (Wildman–Crippen LogP) is 3.47. The number of hydrogen-bond acceptors (Lipinski definition) is 9. The molecule has 0 saturated carbocycles. The van der Waals surface area contributed by atoms with Crippen LogP contribution >= 0.6 is 11.8 Å². The minimum Gasteiger partial charge on any atom is -0.454 e. The number of aromatic nitrogens is 3. The zero-order valence-corrected chi connectivity index (χ0v) is 15.9. The van der Waals surface area contributed by atoms with Gasteiger partial charge in [-0.3, -0.25) is 10.1 Å². The third kappa shape index (κ3) is 3.05. The Morgan fingerprint density at radius 3 is 2.90 bits per heavy atom. The Morgan fingerprint density at radius 2 is 2.10 bits per heavy atom. The fourth-order valence-corrected chi connectivity index (χ4v) is 3.90. The highest BCUT2D eigenvalue weighted by Gasteiger charge is 2.27. The normalized spacial score (nSPS) is 16.0. The van der Waals surface area contributed by atoms with Crippen LogP contribution in [0.4, 0.5) is 5.88 Å². The minimum atomic E-state index is -0.580. The molecule has 0 aliphatic carbocycles. The minimum absolute atomic E-state index is 0.190. The topological polar surface area (TPSA) is 118 Å². The zero-order valence-electron chi connectivity index (χ0n) is 15.1. The van der Waals surface area contributed by atoms with Crippen LogP contribution in [0.25, 0.3) is 6.08 Å². The third-order valence-corrected chi connectivity index (χ3v) is 5.30. The third-order valence-electron chi connectivity index (χ3n) is 4.33. The molecule has 0 saturated heterocycles. The number of rotatable bonds is 4. The quantitative estimate of drug-likeness (QED) is 0.473. The second-order valence-corrected chi connectivity index (χ2v) is 7.14. The summed E-state index contributed by atoms with van der Waals surface area (Å²) in [4.78, 5) is 11.2. The molecule has 0 unspecified atom stereocenters. The number of furan rings is 1. The van der Waals surface area contributed by atoms with E-state index < -0.39 is 4.92 Å². The van der Waals surface area contributed by atoms with Crippen LogP contribution in [-0.2, 0) is 6.42 Å². The van der Waals surface area contributed by atoms with Gasteiger partial charge in [0.1, 0.15) is 10.6 Å². The first-order valence-corrected chi connectivity index (χ1v) is 9.51. The molecule has 0 N–H and O–H groups in total. The van der Waals surface area contributed by atoms with Crippen molar-refractivity contribution in [1.29, 1.82) is 0 Å². The average Bonchev–Trinajstić information content (AvgIpc) is 3.45. The molecule has 4 heterocycles. The fraction of sp³-hybridized carbons (Fsp3) is 0.167. The number of benzene rings is 1. The summed E-state index contributed by atoms with van der Waals surface area (Å²) in [5.74, 6) is 1.97. The van der Waals surface area contributed by atoms with E-state index >= 15 is 0 Å². The maximum absolute atomic E-state index is 11.0. The van der Waals surface area contributed by atoms with E-state index in [2.05, 4.69) is 15.3 Å². The number of fused-ring (bicyclic) bond motifs is 2. The molecule has 0 fully saturated rings. The SMILES string of the molecule is CCc1nnc2n1N=C(c1ccc([N+](=O)[O-])o1)/C(=C/c1ccc3c(c1)OCO3)S2. The lowest BCUT2D eigenvalue weighted by atomic mass is 10.1. The number of nitrogens with zero attached hydrogens (tertiary/aromatic N) is 5. The van der Waals surface area contributed by atoms with Gasteiger partial charge in [-0.1, -0.05) is 13.0 Å². The Hall–Kier alpha value is -3.60. The molecule has 146 valence electrons. The van der Waals surface area contributed by atoms with E-state index in [1.54, 1.807) is 4.68 Å². The molecule has 11 heteroatoms. The van der Waals surface area contributed by atoms with Crippen molar-refractivity contribution in [3.8, 4) is 11.5 Å². The number of thioether (sulfide) groups is 1. The summed E-state index contributed by atoms with van der Waals surface area (Å²) >= 11 is 1.36. The van der Waals surface area contributed by atoms with Gasteiger partial charge >= 0.3 is 5.88 Å². The van der Waals surface area contributed by atoms with Gasteiger partial charge in [0.15, 0.2) is 23.1 Å². The molecule has 29 heavy (non-hydrogen) atoms. The van der Waals surface area contributed by atoms with Crippen LogP contribution in [0.2, 0.25) is 0 Å². The summed E-state index contributed by atoms with van der Waals surface area (Å²) in [5.41, 5.74) is 1.32. The fourth-order valence-electron chi connectivity index (χ4n) is 2.95. The average molecular weight is 411 g/mol. The van der Waals surface area contributed by atoms with E-state index in [1.807, 2.05) is 31.2 Å². The number of allylic oxidation sites excluding steroid dienone is 1. The number of ether oxygens (including phenoxy) is 2. The number of hydrogen-bond donors (Lipinski definition) is 0. The molecule has 0 bridgehead atoms. The summed E-state index contributed by atoms with van der Waals surface area (Å²) in [6.45, 7) is 2.14. The lowest BCUT2D eigenvalue weighted by Crippen LogP contribution is -2.12. The number of nitro groups is 1. The van der Waals surface area contributed by atoms with Gasteiger partial charge in [0, 0.05) is 11.3 Å². The second-order valence-electron chi connectivity index (χ2n) is 6.13. The van der Waals surface area contributed by atoms with Gasteiger partial charge < -0.3 is 13.9 Å². The van der Waals surface area contributed by atoms with Crippen molar-refractivity contribution in [3.63, 3.8) is 0 Å². The Kier molecular flexibility index (Phi) is 4.09. The van der Waals surface area contributed by atoms with E-state index in [0.717, 1.165) is 10.5 Å². The maximum atomic E-state index is 11.0.